The Morgan fingerprint density at radius 1 is 1.56 bits per heavy atom. The van der Waals surface area contributed by atoms with Gasteiger partial charge < -0.3 is 5.11 Å². The minimum absolute atomic E-state index is 0.329. The van der Waals surface area contributed by atoms with E-state index in [1.165, 1.54) is 0 Å². The largest absolute Gasteiger partial charge is 0.396 e. The highest BCUT2D eigenvalue weighted by atomic mass is 33.1. The van der Waals surface area contributed by atoms with Gasteiger partial charge in [0.05, 0.1) is 0 Å². The van der Waals surface area contributed by atoms with E-state index in [1.807, 2.05) is 10.8 Å². The Bertz CT molecular complexity index is 103. The number of aliphatic hydroxyl groups excluding tert-OH is 1. The van der Waals surface area contributed by atoms with E-state index in [0.717, 1.165) is 12.8 Å². The predicted octanol–water partition coefficient (Wildman–Crippen LogP) is 2.04. The highest BCUT2D eigenvalue weighted by Gasteiger charge is 2.08. The summed E-state index contributed by atoms with van der Waals surface area (Å²) in [6, 6.07) is 0. The number of hydrogen-bond donors (Lipinski definition) is 1. The van der Waals surface area contributed by atoms with Crippen LogP contribution in [0.25, 0.3) is 0 Å². The third-order valence-electron chi connectivity index (χ3n) is 1.17. The van der Waals surface area contributed by atoms with E-state index in [9.17, 15) is 0 Å². The monoisotopic (exact) mass is 162 g/mol. The van der Waals surface area contributed by atoms with Gasteiger partial charge in [0.15, 0.2) is 0 Å². The molecule has 0 aromatic heterocycles. The van der Waals surface area contributed by atoms with Crippen molar-refractivity contribution in [2.24, 2.45) is 0 Å². The lowest BCUT2D eigenvalue weighted by atomic mass is 10.2. The summed E-state index contributed by atoms with van der Waals surface area (Å²) >= 11 is 0. The molecule has 9 heavy (non-hydrogen) atoms. The molecule has 1 heterocycles. The van der Waals surface area contributed by atoms with Crippen LogP contribution in [0.2, 0.25) is 0 Å². The molecule has 1 rings (SSSR count). The molecule has 0 bridgehead atoms. The average molecular weight is 162 g/mol. The summed E-state index contributed by atoms with van der Waals surface area (Å²) in [5, 5.41) is 11.3. The van der Waals surface area contributed by atoms with E-state index in [2.05, 4.69) is 11.5 Å². The van der Waals surface area contributed by atoms with E-state index in [1.54, 1.807) is 10.8 Å². The molecule has 1 unspecified atom stereocenters. The van der Waals surface area contributed by atoms with Crippen molar-refractivity contribution in [3.05, 3.63) is 11.5 Å². The lowest BCUT2D eigenvalue weighted by Gasteiger charge is -2.01. The molecule has 0 saturated carbocycles. The Labute approximate surface area is 63.3 Å². The van der Waals surface area contributed by atoms with Gasteiger partial charge >= 0.3 is 0 Å². The second kappa shape index (κ2) is 4.25. The maximum absolute atomic E-state index is 8.49. The van der Waals surface area contributed by atoms with Crippen LogP contribution in [-0.4, -0.2) is 17.0 Å². The van der Waals surface area contributed by atoms with Crippen molar-refractivity contribution in [1.82, 2.24) is 0 Å². The Hall–Kier alpha value is 0.400. The molecule has 0 aliphatic carbocycles. The van der Waals surface area contributed by atoms with Crippen molar-refractivity contribution in [1.29, 1.82) is 0 Å². The molecule has 1 N–H and O–H groups in total. The third kappa shape index (κ3) is 2.65. The summed E-state index contributed by atoms with van der Waals surface area (Å²) in [5.41, 5.74) is 0. The summed E-state index contributed by atoms with van der Waals surface area (Å²) in [6.45, 7) is 0.329. The summed E-state index contributed by atoms with van der Waals surface area (Å²) < 4.78 is 0. The molecule has 1 aliphatic rings. The molecule has 0 aromatic carbocycles. The minimum atomic E-state index is 0.329. The van der Waals surface area contributed by atoms with Crippen molar-refractivity contribution in [3.63, 3.8) is 0 Å². The van der Waals surface area contributed by atoms with E-state index < -0.39 is 0 Å². The van der Waals surface area contributed by atoms with Crippen molar-refractivity contribution in [2.75, 3.05) is 6.61 Å². The maximum Gasteiger partial charge on any atom is 0.0431 e. The highest BCUT2D eigenvalue weighted by molar-refractivity contribution is 8.78. The summed E-state index contributed by atoms with van der Waals surface area (Å²) in [5.74, 6) is 0. The number of aliphatic hydroxyl groups is 1. The van der Waals surface area contributed by atoms with Gasteiger partial charge in [0, 0.05) is 11.9 Å². The van der Waals surface area contributed by atoms with Gasteiger partial charge in [-0.1, -0.05) is 27.7 Å². The number of rotatable bonds is 3. The number of hydrogen-bond acceptors (Lipinski definition) is 3. The minimum Gasteiger partial charge on any atom is -0.396 e. The molecule has 52 valence electrons. The standard InChI is InChI=1S/C6H10OS2/c7-4-1-2-6-3-5-8-9-6/h3,5-7H,1-2,4H2. The van der Waals surface area contributed by atoms with Crippen LogP contribution in [-0.2, 0) is 0 Å². The van der Waals surface area contributed by atoms with Crippen LogP contribution in [0.3, 0.4) is 0 Å². The maximum atomic E-state index is 8.49. The Kier molecular flexibility index (Phi) is 3.55. The lowest BCUT2D eigenvalue weighted by molar-refractivity contribution is 0.285. The van der Waals surface area contributed by atoms with Gasteiger partial charge in [-0.15, -0.1) is 0 Å². The quantitative estimate of drug-likeness (QED) is 0.641. The second-order valence-electron chi connectivity index (χ2n) is 1.93. The van der Waals surface area contributed by atoms with E-state index in [0.29, 0.717) is 11.9 Å². The van der Waals surface area contributed by atoms with E-state index in [4.69, 9.17) is 5.11 Å². The predicted molar refractivity (Wildman–Crippen MR) is 44.4 cm³/mol. The fraction of sp³-hybridized carbons (Fsp3) is 0.667. The van der Waals surface area contributed by atoms with Crippen LogP contribution in [0.4, 0.5) is 0 Å². The molecule has 0 amide bonds. The zero-order valence-electron chi connectivity index (χ0n) is 5.12. The van der Waals surface area contributed by atoms with Gasteiger partial charge in [-0.05, 0) is 18.2 Å². The summed E-state index contributed by atoms with van der Waals surface area (Å²) in [7, 11) is 3.66. The van der Waals surface area contributed by atoms with Crippen LogP contribution in [0.1, 0.15) is 12.8 Å². The first-order valence-corrected chi connectivity index (χ1v) is 5.31. The van der Waals surface area contributed by atoms with Crippen molar-refractivity contribution < 1.29 is 5.11 Å². The molecule has 1 nitrogen and oxygen atoms in total. The van der Waals surface area contributed by atoms with Gasteiger partial charge in [-0.25, -0.2) is 0 Å². The van der Waals surface area contributed by atoms with E-state index in [-0.39, 0.29) is 0 Å². The van der Waals surface area contributed by atoms with Gasteiger partial charge in [-0.3, -0.25) is 0 Å². The van der Waals surface area contributed by atoms with Gasteiger partial charge in [0.2, 0.25) is 0 Å². The molecule has 1 aliphatic heterocycles. The Morgan fingerprint density at radius 2 is 2.44 bits per heavy atom. The van der Waals surface area contributed by atoms with Crippen molar-refractivity contribution in [2.45, 2.75) is 18.1 Å². The van der Waals surface area contributed by atoms with Crippen LogP contribution in [0.15, 0.2) is 11.5 Å². The SMILES string of the molecule is OCCCC1C=CSS1. The van der Waals surface area contributed by atoms with E-state index >= 15 is 0 Å². The van der Waals surface area contributed by atoms with Crippen LogP contribution in [0.5, 0.6) is 0 Å². The topological polar surface area (TPSA) is 20.2 Å². The van der Waals surface area contributed by atoms with Gasteiger partial charge in [0.25, 0.3) is 0 Å². The zero-order chi connectivity index (χ0) is 6.53. The molecule has 1 atom stereocenters. The van der Waals surface area contributed by atoms with Gasteiger partial charge in [0.1, 0.15) is 0 Å². The molecular weight excluding hydrogens is 152 g/mol. The van der Waals surface area contributed by atoms with Crippen molar-refractivity contribution in [3.8, 4) is 0 Å². The first-order valence-electron chi connectivity index (χ1n) is 3.03. The first kappa shape index (κ1) is 7.51. The fourth-order valence-corrected chi connectivity index (χ4v) is 2.95. The molecular formula is C6H10OS2. The average Bonchev–Trinajstić information content (AvgIpc) is 2.34. The van der Waals surface area contributed by atoms with Crippen LogP contribution in [0, 0.1) is 0 Å². The van der Waals surface area contributed by atoms with Crippen LogP contribution >= 0.6 is 21.6 Å². The third-order valence-corrected chi connectivity index (χ3v) is 3.60. The molecule has 0 saturated heterocycles. The summed E-state index contributed by atoms with van der Waals surface area (Å²) in [4.78, 5) is 0. The molecule has 0 fully saturated rings. The summed E-state index contributed by atoms with van der Waals surface area (Å²) in [6.07, 6.45) is 4.25. The smallest absolute Gasteiger partial charge is 0.0431 e. The van der Waals surface area contributed by atoms with Gasteiger partial charge in [-0.2, -0.15) is 0 Å². The Balaban J connectivity index is 2.05. The van der Waals surface area contributed by atoms with Crippen molar-refractivity contribution >= 4 is 21.6 Å². The Morgan fingerprint density at radius 3 is 3.00 bits per heavy atom. The molecule has 3 heteroatoms. The molecule has 0 radical (unpaired) electrons. The normalized spacial score (nSPS) is 25.2. The first-order chi connectivity index (χ1) is 4.43. The molecule has 0 spiro atoms. The van der Waals surface area contributed by atoms with Crippen LogP contribution < -0.4 is 0 Å². The zero-order valence-corrected chi connectivity index (χ0v) is 6.75. The highest BCUT2D eigenvalue weighted by Crippen LogP contribution is 2.37. The fourth-order valence-electron chi connectivity index (χ4n) is 0.692. The second-order valence-corrected chi connectivity index (χ2v) is 4.34. The lowest BCUT2D eigenvalue weighted by Crippen LogP contribution is -1.94. The molecule has 0 aromatic rings.